The highest BCUT2D eigenvalue weighted by Crippen LogP contribution is 2.29. The van der Waals surface area contributed by atoms with Gasteiger partial charge in [-0.15, -0.1) is 11.8 Å². The summed E-state index contributed by atoms with van der Waals surface area (Å²) in [7, 11) is 0. The zero-order chi connectivity index (χ0) is 13.0. The summed E-state index contributed by atoms with van der Waals surface area (Å²) in [4.78, 5) is 1.17. The molecule has 0 atom stereocenters. The average Bonchev–Trinajstić information content (AvgIpc) is 2.40. The van der Waals surface area contributed by atoms with Crippen LogP contribution in [0.5, 0.6) is 0 Å². The van der Waals surface area contributed by atoms with Crippen molar-refractivity contribution in [1.29, 1.82) is 5.26 Å². The van der Waals surface area contributed by atoms with Gasteiger partial charge in [-0.05, 0) is 43.0 Å². The van der Waals surface area contributed by atoms with Crippen LogP contribution in [0.3, 0.4) is 0 Å². The standard InChI is InChI=1S/C15H14N2S/c1-11-7-8-12(10-16)14(9-11)17-13-5-3-4-6-15(13)18-2/h3-9,17H,1-2H3. The van der Waals surface area contributed by atoms with Crippen molar-refractivity contribution < 1.29 is 0 Å². The van der Waals surface area contributed by atoms with Crippen molar-refractivity contribution in [2.75, 3.05) is 11.6 Å². The summed E-state index contributed by atoms with van der Waals surface area (Å²) < 4.78 is 0. The van der Waals surface area contributed by atoms with Crippen LogP contribution in [0, 0.1) is 18.3 Å². The summed E-state index contributed by atoms with van der Waals surface area (Å²) in [5, 5.41) is 12.5. The highest BCUT2D eigenvalue weighted by atomic mass is 32.2. The number of thioether (sulfide) groups is 1. The van der Waals surface area contributed by atoms with Crippen LogP contribution in [0.15, 0.2) is 47.4 Å². The molecule has 0 heterocycles. The Hall–Kier alpha value is -1.92. The molecule has 2 aromatic carbocycles. The van der Waals surface area contributed by atoms with Gasteiger partial charge >= 0.3 is 0 Å². The first-order chi connectivity index (χ1) is 8.74. The van der Waals surface area contributed by atoms with Crippen LogP contribution in [-0.4, -0.2) is 6.26 Å². The molecular weight excluding hydrogens is 240 g/mol. The van der Waals surface area contributed by atoms with Crippen LogP contribution in [-0.2, 0) is 0 Å². The Balaban J connectivity index is 2.40. The van der Waals surface area contributed by atoms with Crippen molar-refractivity contribution >= 4 is 23.1 Å². The zero-order valence-corrected chi connectivity index (χ0v) is 11.2. The summed E-state index contributed by atoms with van der Waals surface area (Å²) in [6.07, 6.45) is 2.04. The molecule has 0 bridgehead atoms. The van der Waals surface area contributed by atoms with Crippen LogP contribution in [0.25, 0.3) is 0 Å². The van der Waals surface area contributed by atoms with E-state index in [0.29, 0.717) is 5.56 Å². The number of nitrogens with one attached hydrogen (secondary N) is 1. The molecule has 0 aromatic heterocycles. The molecule has 0 saturated heterocycles. The summed E-state index contributed by atoms with van der Waals surface area (Å²) >= 11 is 1.69. The van der Waals surface area contributed by atoms with Crippen LogP contribution in [0.4, 0.5) is 11.4 Å². The minimum Gasteiger partial charge on any atom is -0.354 e. The number of nitriles is 1. The summed E-state index contributed by atoms with van der Waals surface area (Å²) in [5.74, 6) is 0. The van der Waals surface area contributed by atoms with Crippen LogP contribution < -0.4 is 5.32 Å². The molecule has 0 aliphatic rings. The molecule has 3 heteroatoms. The lowest BCUT2D eigenvalue weighted by molar-refractivity contribution is 1.37. The average molecular weight is 254 g/mol. The van der Waals surface area contributed by atoms with E-state index in [0.717, 1.165) is 16.9 Å². The van der Waals surface area contributed by atoms with Gasteiger partial charge in [0.25, 0.3) is 0 Å². The molecule has 18 heavy (non-hydrogen) atoms. The van der Waals surface area contributed by atoms with E-state index in [-0.39, 0.29) is 0 Å². The zero-order valence-electron chi connectivity index (χ0n) is 10.4. The second-order valence-electron chi connectivity index (χ2n) is 3.99. The lowest BCUT2D eigenvalue weighted by Gasteiger charge is -2.12. The number of aryl methyl sites for hydroxylation is 1. The maximum Gasteiger partial charge on any atom is 0.101 e. The van der Waals surface area contributed by atoms with Crippen LogP contribution in [0.1, 0.15) is 11.1 Å². The van der Waals surface area contributed by atoms with E-state index in [4.69, 9.17) is 5.26 Å². The number of para-hydroxylation sites is 1. The third kappa shape index (κ3) is 2.66. The normalized spacial score (nSPS) is 9.83. The molecular formula is C15H14N2S. The lowest BCUT2D eigenvalue weighted by Crippen LogP contribution is -1.95. The molecule has 0 radical (unpaired) electrons. The van der Waals surface area contributed by atoms with E-state index in [2.05, 4.69) is 17.5 Å². The maximum atomic E-state index is 9.12. The van der Waals surface area contributed by atoms with Gasteiger partial charge in [-0.25, -0.2) is 0 Å². The van der Waals surface area contributed by atoms with Gasteiger partial charge < -0.3 is 5.32 Å². The van der Waals surface area contributed by atoms with Crippen molar-refractivity contribution in [3.05, 3.63) is 53.6 Å². The minimum atomic E-state index is 0.663. The fourth-order valence-electron chi connectivity index (χ4n) is 1.75. The van der Waals surface area contributed by atoms with Gasteiger partial charge in [0.2, 0.25) is 0 Å². The Morgan fingerprint density at radius 2 is 1.89 bits per heavy atom. The van der Waals surface area contributed by atoms with Gasteiger partial charge in [0.15, 0.2) is 0 Å². The van der Waals surface area contributed by atoms with Gasteiger partial charge in [-0.3, -0.25) is 0 Å². The SMILES string of the molecule is CSc1ccccc1Nc1cc(C)ccc1C#N. The largest absolute Gasteiger partial charge is 0.354 e. The van der Waals surface area contributed by atoms with Crippen LogP contribution >= 0.6 is 11.8 Å². The summed E-state index contributed by atoms with van der Waals surface area (Å²) in [6.45, 7) is 2.02. The Bertz CT molecular complexity index is 600. The predicted molar refractivity (Wildman–Crippen MR) is 77.4 cm³/mol. The van der Waals surface area contributed by atoms with Gasteiger partial charge in [0, 0.05) is 4.90 Å². The van der Waals surface area contributed by atoms with Gasteiger partial charge in [0.1, 0.15) is 6.07 Å². The quantitative estimate of drug-likeness (QED) is 0.828. The molecule has 0 aliphatic heterocycles. The number of benzene rings is 2. The Kier molecular flexibility index (Phi) is 3.91. The molecule has 0 saturated carbocycles. The molecule has 0 unspecified atom stereocenters. The van der Waals surface area contributed by atoms with Gasteiger partial charge in [-0.2, -0.15) is 5.26 Å². The van der Waals surface area contributed by atoms with E-state index in [1.165, 1.54) is 4.90 Å². The van der Waals surface area contributed by atoms with E-state index in [1.807, 2.05) is 49.6 Å². The maximum absolute atomic E-state index is 9.12. The molecule has 2 rings (SSSR count). The van der Waals surface area contributed by atoms with Gasteiger partial charge in [-0.1, -0.05) is 18.2 Å². The number of rotatable bonds is 3. The van der Waals surface area contributed by atoms with Gasteiger partial charge in [0.05, 0.1) is 16.9 Å². The predicted octanol–water partition coefficient (Wildman–Crippen LogP) is 4.33. The second-order valence-corrected chi connectivity index (χ2v) is 4.83. The van der Waals surface area contributed by atoms with Crippen molar-refractivity contribution in [2.24, 2.45) is 0 Å². The van der Waals surface area contributed by atoms with E-state index in [1.54, 1.807) is 11.8 Å². The number of hydrogen-bond acceptors (Lipinski definition) is 3. The number of anilines is 2. The molecule has 0 fully saturated rings. The summed E-state index contributed by atoms with van der Waals surface area (Å²) in [5.41, 5.74) is 3.70. The molecule has 0 aliphatic carbocycles. The van der Waals surface area contributed by atoms with Crippen molar-refractivity contribution in [3.63, 3.8) is 0 Å². The van der Waals surface area contributed by atoms with Crippen molar-refractivity contribution in [3.8, 4) is 6.07 Å². The molecule has 2 aromatic rings. The van der Waals surface area contributed by atoms with E-state index < -0.39 is 0 Å². The first-order valence-corrected chi connectivity index (χ1v) is 6.88. The monoisotopic (exact) mass is 254 g/mol. The third-order valence-electron chi connectivity index (χ3n) is 2.67. The first-order valence-electron chi connectivity index (χ1n) is 5.65. The second kappa shape index (κ2) is 5.61. The fourth-order valence-corrected chi connectivity index (χ4v) is 2.31. The van der Waals surface area contributed by atoms with E-state index >= 15 is 0 Å². The highest BCUT2D eigenvalue weighted by Gasteiger charge is 2.05. The minimum absolute atomic E-state index is 0.663. The third-order valence-corrected chi connectivity index (χ3v) is 3.47. The topological polar surface area (TPSA) is 35.8 Å². The molecule has 90 valence electrons. The molecule has 0 amide bonds. The Morgan fingerprint density at radius 3 is 2.61 bits per heavy atom. The molecule has 0 spiro atoms. The Labute approximate surface area is 112 Å². The van der Waals surface area contributed by atoms with Crippen molar-refractivity contribution in [2.45, 2.75) is 11.8 Å². The van der Waals surface area contributed by atoms with E-state index in [9.17, 15) is 0 Å². The van der Waals surface area contributed by atoms with Crippen molar-refractivity contribution in [1.82, 2.24) is 0 Å². The Morgan fingerprint density at radius 1 is 1.11 bits per heavy atom. The molecule has 2 nitrogen and oxygen atoms in total. The summed E-state index contributed by atoms with van der Waals surface area (Å²) in [6, 6.07) is 16.1. The van der Waals surface area contributed by atoms with Crippen LogP contribution in [0.2, 0.25) is 0 Å². The first kappa shape index (κ1) is 12.5. The fraction of sp³-hybridized carbons (Fsp3) is 0.133. The highest BCUT2D eigenvalue weighted by molar-refractivity contribution is 7.98. The smallest absolute Gasteiger partial charge is 0.101 e. The number of nitrogens with zero attached hydrogens (tertiary/aromatic N) is 1. The number of hydrogen-bond donors (Lipinski definition) is 1. The molecule has 1 N–H and O–H groups in total. The lowest BCUT2D eigenvalue weighted by atomic mass is 10.1.